The van der Waals surface area contributed by atoms with E-state index in [4.69, 9.17) is 5.73 Å². The predicted octanol–water partition coefficient (Wildman–Crippen LogP) is 4.60. The Balaban J connectivity index is 0.000000262. The Kier molecular flexibility index (Phi) is 7.79. The van der Waals surface area contributed by atoms with Crippen molar-refractivity contribution < 1.29 is 27.6 Å². The second-order valence-electron chi connectivity index (χ2n) is 6.63. The lowest BCUT2D eigenvalue weighted by molar-refractivity contribution is 0.0982. The summed E-state index contributed by atoms with van der Waals surface area (Å²) in [5.74, 6) is -2.71. The summed E-state index contributed by atoms with van der Waals surface area (Å²) in [7, 11) is 0. The Morgan fingerprint density at radius 3 is 1.94 bits per heavy atom. The fraction of sp³-hybridized carbons (Fsp3) is 0.130. The zero-order valence-electron chi connectivity index (χ0n) is 16.8. The third kappa shape index (κ3) is 6.60. The highest BCUT2D eigenvalue weighted by Crippen LogP contribution is 2.14. The number of rotatable bonds is 5. The number of carbonyl (C=O) groups is 3. The zero-order chi connectivity index (χ0) is 23.1. The molecule has 0 bridgehead atoms. The molecule has 1 aromatic heterocycles. The third-order valence-electron chi connectivity index (χ3n) is 4.16. The van der Waals surface area contributed by atoms with Gasteiger partial charge in [0.2, 0.25) is 0 Å². The van der Waals surface area contributed by atoms with Crippen molar-refractivity contribution in [2.45, 2.75) is 20.3 Å². The van der Waals surface area contributed by atoms with Crippen LogP contribution in [0.4, 0.5) is 18.9 Å². The van der Waals surface area contributed by atoms with E-state index in [1.807, 2.05) is 0 Å². The van der Waals surface area contributed by atoms with Crippen molar-refractivity contribution in [3.8, 4) is 0 Å². The fourth-order valence-corrected chi connectivity index (χ4v) is 2.58. The molecule has 2 N–H and O–H groups in total. The first-order valence-electron chi connectivity index (χ1n) is 9.08. The van der Waals surface area contributed by atoms with Crippen molar-refractivity contribution in [2.75, 3.05) is 5.73 Å². The average Bonchev–Trinajstić information content (AvgIpc) is 2.71. The number of nitrogen functional groups attached to an aromatic ring is 1. The normalized spacial score (nSPS) is 10.1. The first-order chi connectivity index (χ1) is 14.6. The van der Waals surface area contributed by atoms with Crippen molar-refractivity contribution in [1.82, 2.24) is 4.98 Å². The first kappa shape index (κ1) is 23.5. The number of nitrogens with zero attached hydrogens (tertiary/aromatic N) is 1. The van der Waals surface area contributed by atoms with Crippen LogP contribution in [0.1, 0.15) is 50.6 Å². The maximum absolute atomic E-state index is 13.4. The van der Waals surface area contributed by atoms with Gasteiger partial charge in [-0.15, -0.1) is 0 Å². The topological polar surface area (TPSA) is 90.1 Å². The Morgan fingerprint density at radius 1 is 0.839 bits per heavy atom. The van der Waals surface area contributed by atoms with Crippen molar-refractivity contribution in [3.05, 3.63) is 94.6 Å². The van der Waals surface area contributed by atoms with Crippen LogP contribution in [-0.4, -0.2) is 22.3 Å². The lowest BCUT2D eigenvalue weighted by Gasteiger charge is -2.04. The number of aromatic nitrogens is 1. The lowest BCUT2D eigenvalue weighted by atomic mass is 10.0. The number of hydrogen-bond donors (Lipinski definition) is 1. The molecule has 31 heavy (non-hydrogen) atoms. The molecular weight excluding hydrogens is 409 g/mol. The summed E-state index contributed by atoms with van der Waals surface area (Å²) in [5, 5.41) is 0. The summed E-state index contributed by atoms with van der Waals surface area (Å²) in [6.07, 6.45) is 0.929. The zero-order valence-corrected chi connectivity index (χ0v) is 16.8. The van der Waals surface area contributed by atoms with Crippen molar-refractivity contribution >= 4 is 23.0 Å². The molecule has 8 heteroatoms. The molecule has 0 atom stereocenters. The number of anilines is 1. The Bertz CT molecular complexity index is 1130. The third-order valence-corrected chi connectivity index (χ3v) is 4.16. The van der Waals surface area contributed by atoms with E-state index < -0.39 is 23.2 Å². The minimum absolute atomic E-state index is 0.0286. The van der Waals surface area contributed by atoms with Crippen LogP contribution in [0.3, 0.4) is 0 Å². The molecule has 0 amide bonds. The number of benzene rings is 2. The van der Waals surface area contributed by atoms with Gasteiger partial charge in [-0.25, -0.2) is 13.2 Å². The Hall–Kier alpha value is -3.81. The van der Waals surface area contributed by atoms with Crippen LogP contribution in [0.2, 0.25) is 0 Å². The summed E-state index contributed by atoms with van der Waals surface area (Å²) >= 11 is 0. The number of ketones is 3. The largest absolute Gasteiger partial charge is 0.399 e. The molecular formula is C23H19F3N2O3. The molecule has 0 fully saturated rings. The predicted molar refractivity (Wildman–Crippen MR) is 109 cm³/mol. The van der Waals surface area contributed by atoms with Crippen LogP contribution in [0.15, 0.2) is 54.7 Å². The number of hydrogen-bond acceptors (Lipinski definition) is 5. The van der Waals surface area contributed by atoms with E-state index in [2.05, 4.69) is 4.98 Å². The Morgan fingerprint density at radius 2 is 1.42 bits per heavy atom. The smallest absolute Gasteiger partial charge is 0.185 e. The van der Waals surface area contributed by atoms with E-state index >= 15 is 0 Å². The van der Waals surface area contributed by atoms with E-state index in [0.29, 0.717) is 11.3 Å². The standard InChI is InChI=1S/C15H11F2NO2.C8H8FNO/c1-9(19)12-6-10(2-4-13(12)17)7-15(20)14-5-3-11(16)8-18-14;1-5(11)7-4-6(10)2-3-8(7)9/h2-6,8H,7H2,1H3;2-4H,10H2,1H3. The fourth-order valence-electron chi connectivity index (χ4n) is 2.58. The minimum atomic E-state index is -0.617. The summed E-state index contributed by atoms with van der Waals surface area (Å²) in [6, 6.07) is 10.3. The van der Waals surface area contributed by atoms with E-state index in [0.717, 1.165) is 18.3 Å². The van der Waals surface area contributed by atoms with Crippen LogP contribution in [-0.2, 0) is 6.42 Å². The summed E-state index contributed by atoms with van der Waals surface area (Å²) in [6.45, 7) is 2.56. The van der Waals surface area contributed by atoms with E-state index in [1.165, 1.54) is 50.2 Å². The van der Waals surface area contributed by atoms with Gasteiger partial charge in [0.25, 0.3) is 0 Å². The van der Waals surface area contributed by atoms with Crippen molar-refractivity contribution in [1.29, 1.82) is 0 Å². The van der Waals surface area contributed by atoms with Gasteiger partial charge in [0.05, 0.1) is 17.3 Å². The van der Waals surface area contributed by atoms with Gasteiger partial charge < -0.3 is 5.73 Å². The lowest BCUT2D eigenvalue weighted by Crippen LogP contribution is -2.07. The molecule has 0 spiro atoms. The number of pyridine rings is 1. The van der Waals surface area contributed by atoms with E-state index in [9.17, 15) is 27.6 Å². The minimum Gasteiger partial charge on any atom is -0.399 e. The maximum atomic E-state index is 13.4. The monoisotopic (exact) mass is 428 g/mol. The second-order valence-corrected chi connectivity index (χ2v) is 6.63. The molecule has 0 radical (unpaired) electrons. The number of halogens is 3. The first-order valence-corrected chi connectivity index (χ1v) is 9.08. The molecule has 0 aliphatic rings. The van der Waals surface area contributed by atoms with Gasteiger partial charge in [-0.3, -0.25) is 19.4 Å². The summed E-state index contributed by atoms with van der Waals surface area (Å²) in [4.78, 5) is 37.6. The molecule has 5 nitrogen and oxygen atoms in total. The van der Waals surface area contributed by atoms with Gasteiger partial charge in [-0.05, 0) is 61.9 Å². The highest BCUT2D eigenvalue weighted by molar-refractivity contribution is 5.97. The van der Waals surface area contributed by atoms with Gasteiger partial charge in [0, 0.05) is 12.1 Å². The SMILES string of the molecule is CC(=O)c1cc(CC(=O)c2ccc(F)cn2)ccc1F.CC(=O)c1cc(N)ccc1F. The van der Waals surface area contributed by atoms with Crippen LogP contribution >= 0.6 is 0 Å². The number of Topliss-reactive ketones (excluding diaryl/α,β-unsaturated/α-hetero) is 3. The molecule has 0 aliphatic carbocycles. The van der Waals surface area contributed by atoms with E-state index in [1.54, 1.807) is 0 Å². The van der Waals surface area contributed by atoms with Crippen molar-refractivity contribution in [2.24, 2.45) is 0 Å². The number of carbonyl (C=O) groups excluding carboxylic acids is 3. The van der Waals surface area contributed by atoms with Crippen molar-refractivity contribution in [3.63, 3.8) is 0 Å². The molecule has 0 aliphatic heterocycles. The molecule has 3 aromatic rings. The number of nitrogens with two attached hydrogens (primary N) is 1. The Labute approximate surface area is 176 Å². The molecule has 0 saturated heterocycles. The quantitative estimate of drug-likeness (QED) is 0.474. The summed E-state index contributed by atoms with van der Waals surface area (Å²) < 4.78 is 38.8. The van der Waals surface area contributed by atoms with Crippen LogP contribution < -0.4 is 5.73 Å². The highest BCUT2D eigenvalue weighted by atomic mass is 19.1. The second kappa shape index (κ2) is 10.3. The van der Waals surface area contributed by atoms with Crippen LogP contribution in [0.25, 0.3) is 0 Å². The highest BCUT2D eigenvalue weighted by Gasteiger charge is 2.12. The van der Waals surface area contributed by atoms with Crippen LogP contribution in [0, 0.1) is 17.5 Å². The van der Waals surface area contributed by atoms with Crippen LogP contribution in [0.5, 0.6) is 0 Å². The summed E-state index contributed by atoms with van der Waals surface area (Å²) in [5.41, 5.74) is 6.37. The van der Waals surface area contributed by atoms with Gasteiger partial charge in [0.1, 0.15) is 23.1 Å². The maximum Gasteiger partial charge on any atom is 0.185 e. The molecule has 3 rings (SSSR count). The molecule has 2 aromatic carbocycles. The molecule has 160 valence electrons. The van der Waals surface area contributed by atoms with E-state index in [-0.39, 0.29) is 34.8 Å². The molecule has 0 saturated carbocycles. The van der Waals surface area contributed by atoms with Gasteiger partial charge in [-0.2, -0.15) is 0 Å². The molecule has 0 unspecified atom stereocenters. The van der Waals surface area contributed by atoms with Gasteiger partial charge >= 0.3 is 0 Å². The molecule has 1 heterocycles. The van der Waals surface area contributed by atoms with Gasteiger partial charge in [-0.1, -0.05) is 6.07 Å². The van der Waals surface area contributed by atoms with Gasteiger partial charge in [0.15, 0.2) is 17.3 Å². The average molecular weight is 428 g/mol.